The number of hydrogen-bond acceptors (Lipinski definition) is 6. The molecular weight excluding hydrogens is 1020 g/mol. The molecule has 0 rings (SSSR count). The molecule has 0 aromatic heterocycles. The number of nitrogens with one attached hydrogen (secondary N) is 1. The van der Waals surface area contributed by atoms with Crippen molar-refractivity contribution in [3.05, 3.63) is 122 Å². The molecule has 2 N–H and O–H groups in total. The van der Waals surface area contributed by atoms with E-state index in [9.17, 15) is 19.0 Å². The molecule has 0 aliphatic heterocycles. The Morgan fingerprint density at radius 2 is 0.840 bits per heavy atom. The van der Waals surface area contributed by atoms with Crippen LogP contribution < -0.4 is 5.32 Å². The lowest BCUT2D eigenvalue weighted by Gasteiger charge is -2.27. The monoisotopic (exact) mass is 1150 g/mol. The van der Waals surface area contributed by atoms with Gasteiger partial charge < -0.3 is 19.4 Å². The highest BCUT2D eigenvalue weighted by molar-refractivity contribution is 7.47. The predicted molar refractivity (Wildman–Crippen MR) is 350 cm³/mol. The van der Waals surface area contributed by atoms with Crippen molar-refractivity contribution in [3.8, 4) is 0 Å². The van der Waals surface area contributed by atoms with Gasteiger partial charge in [0, 0.05) is 12.8 Å². The van der Waals surface area contributed by atoms with E-state index in [1.165, 1.54) is 141 Å². The fraction of sp³-hybridized carbons (Fsp3) is 0.690. The molecule has 0 spiro atoms. The molecule has 10 heteroatoms. The molecule has 1 amide bonds. The molecule has 464 valence electrons. The molecule has 81 heavy (non-hydrogen) atoms. The lowest BCUT2D eigenvalue weighted by molar-refractivity contribution is -0.870. The lowest BCUT2D eigenvalue weighted by atomic mass is 10.0. The minimum absolute atomic E-state index is 0.0262. The average molecular weight is 1150 g/mol. The standard InChI is InChI=1S/C71H123N2O7P/c1-7-10-13-16-19-22-25-28-30-32-33-34-35-36-37-38-39-41-42-45-48-51-54-57-60-63-70(74)72-68(67-79-81(76,77)78-66-65-73(4,5)6)69(62-59-56-53-50-47-44-27-24-21-18-15-12-9-3)80-71(75)64-61-58-55-52-49-46-43-40-31-29-26-23-20-17-14-11-8-2/h11,14,17,19-20,22-23,26,28-31,33-34,40,43,46,49,59,62,68-69H,7-10,12-13,15-16,18,21,24-25,27,32,35-39,41-42,44-45,47-48,50-58,60-61,63-67H2,1-6H3,(H-,72,74,76,77)/p+1/b14-11-,20-17+,22-19-,26-23+,30-28-,31-29-,34-33-,43-40+,49-46+,62-59-. The van der Waals surface area contributed by atoms with Crippen molar-refractivity contribution in [2.45, 2.75) is 277 Å². The molecule has 3 unspecified atom stereocenters. The number of ether oxygens (including phenoxy) is 1. The Morgan fingerprint density at radius 3 is 1.33 bits per heavy atom. The Balaban J connectivity index is 5.24. The number of rotatable bonds is 58. The van der Waals surface area contributed by atoms with E-state index >= 15 is 0 Å². The van der Waals surface area contributed by atoms with Crippen molar-refractivity contribution in [1.29, 1.82) is 0 Å². The summed E-state index contributed by atoms with van der Waals surface area (Å²) in [4.78, 5) is 37.8. The third kappa shape index (κ3) is 60.8. The number of quaternary nitrogens is 1. The second kappa shape index (κ2) is 59.6. The minimum atomic E-state index is -4.47. The summed E-state index contributed by atoms with van der Waals surface area (Å²) in [6.45, 7) is 6.81. The maximum absolute atomic E-state index is 13.6. The number of unbranched alkanes of at least 4 members (excludes halogenated alkanes) is 29. The first kappa shape index (κ1) is 77.4. The van der Waals surface area contributed by atoms with Gasteiger partial charge in [-0.05, 0) is 89.5 Å². The maximum atomic E-state index is 13.6. The summed E-state index contributed by atoms with van der Waals surface area (Å²) in [6, 6.07) is -0.877. The van der Waals surface area contributed by atoms with E-state index < -0.39 is 20.0 Å². The third-order valence-electron chi connectivity index (χ3n) is 14.0. The number of likely N-dealkylation sites (N-methyl/N-ethyl adjacent to an activating group) is 1. The number of carbonyl (C=O) groups is 2. The van der Waals surface area contributed by atoms with Gasteiger partial charge in [0.1, 0.15) is 19.3 Å². The van der Waals surface area contributed by atoms with Gasteiger partial charge in [0.2, 0.25) is 5.91 Å². The topological polar surface area (TPSA) is 111 Å². The van der Waals surface area contributed by atoms with Crippen LogP contribution in [0.25, 0.3) is 0 Å². The third-order valence-corrected chi connectivity index (χ3v) is 15.0. The van der Waals surface area contributed by atoms with Crippen molar-refractivity contribution in [2.24, 2.45) is 0 Å². The van der Waals surface area contributed by atoms with Crippen molar-refractivity contribution in [3.63, 3.8) is 0 Å². The average Bonchev–Trinajstić information content (AvgIpc) is 3.44. The van der Waals surface area contributed by atoms with Crippen LogP contribution in [0.15, 0.2) is 122 Å². The molecule has 9 nitrogen and oxygen atoms in total. The highest BCUT2D eigenvalue weighted by Gasteiger charge is 2.30. The van der Waals surface area contributed by atoms with Gasteiger partial charge in [-0.1, -0.05) is 284 Å². The number of amides is 1. The van der Waals surface area contributed by atoms with Gasteiger partial charge in [-0.3, -0.25) is 18.6 Å². The van der Waals surface area contributed by atoms with E-state index in [0.29, 0.717) is 23.9 Å². The normalized spacial score (nSPS) is 14.4. The van der Waals surface area contributed by atoms with E-state index in [1.807, 2.05) is 94.1 Å². The van der Waals surface area contributed by atoms with Crippen LogP contribution in [0.5, 0.6) is 0 Å². The Morgan fingerprint density at radius 1 is 0.457 bits per heavy atom. The highest BCUT2D eigenvalue weighted by Crippen LogP contribution is 2.43. The Hall–Kier alpha value is -3.59. The van der Waals surface area contributed by atoms with E-state index in [1.54, 1.807) is 0 Å². The molecule has 0 radical (unpaired) electrons. The first-order chi connectivity index (χ1) is 39.4. The second-order valence-electron chi connectivity index (χ2n) is 23.1. The first-order valence-corrected chi connectivity index (χ1v) is 34.4. The molecule has 0 aliphatic rings. The molecule has 0 heterocycles. The SMILES string of the molecule is CC\C=C/C=C/C=C/C=C\C=C\C=C\CCCCCC(=O)OC(/C=C\CCCCCCCCCCCCC)C(COP(=O)(O)OCC[N+](C)(C)C)NC(=O)CCCCCCCCCCCCCC/C=C\C/C=C\C/C=C\CCCCC. The van der Waals surface area contributed by atoms with Gasteiger partial charge in [0.15, 0.2) is 0 Å². The van der Waals surface area contributed by atoms with Gasteiger partial charge in [-0.2, -0.15) is 0 Å². The summed E-state index contributed by atoms with van der Waals surface area (Å²) in [5.41, 5.74) is 0. The fourth-order valence-corrected chi connectivity index (χ4v) is 9.71. The van der Waals surface area contributed by atoms with Crippen LogP contribution in [0.1, 0.15) is 265 Å². The maximum Gasteiger partial charge on any atom is 0.472 e. The molecular formula is C71H124N2O7P+. The van der Waals surface area contributed by atoms with Crippen LogP contribution in [0.4, 0.5) is 0 Å². The Kier molecular flexibility index (Phi) is 56.9. The summed E-state index contributed by atoms with van der Waals surface area (Å²) in [5.74, 6) is -0.562. The van der Waals surface area contributed by atoms with Crippen LogP contribution in [-0.4, -0.2) is 74.3 Å². The minimum Gasteiger partial charge on any atom is -0.456 e. The summed E-state index contributed by atoms with van der Waals surface area (Å²) in [7, 11) is 1.45. The summed E-state index contributed by atoms with van der Waals surface area (Å²) in [6.07, 6.45) is 83.4. The first-order valence-electron chi connectivity index (χ1n) is 32.9. The molecule has 0 aliphatic carbocycles. The number of phosphoric acid groups is 1. The summed E-state index contributed by atoms with van der Waals surface area (Å²) >= 11 is 0. The van der Waals surface area contributed by atoms with Gasteiger partial charge in [0.05, 0.1) is 33.8 Å². The highest BCUT2D eigenvalue weighted by atomic mass is 31.2. The number of allylic oxidation sites excluding steroid dienone is 19. The largest absolute Gasteiger partial charge is 0.472 e. The number of hydrogen-bond donors (Lipinski definition) is 2. The molecule has 0 saturated heterocycles. The fourth-order valence-electron chi connectivity index (χ4n) is 8.98. The summed E-state index contributed by atoms with van der Waals surface area (Å²) < 4.78 is 30.7. The molecule has 0 aromatic carbocycles. The van der Waals surface area contributed by atoms with Crippen LogP contribution >= 0.6 is 7.82 Å². The lowest BCUT2D eigenvalue weighted by Crippen LogP contribution is -2.47. The van der Waals surface area contributed by atoms with E-state index in [0.717, 1.165) is 83.5 Å². The smallest absolute Gasteiger partial charge is 0.456 e. The van der Waals surface area contributed by atoms with Gasteiger partial charge in [-0.15, -0.1) is 0 Å². The zero-order valence-corrected chi connectivity index (χ0v) is 53.9. The van der Waals surface area contributed by atoms with Crippen molar-refractivity contribution in [2.75, 3.05) is 40.9 Å². The molecule has 0 aromatic rings. The predicted octanol–water partition coefficient (Wildman–Crippen LogP) is 20.7. The van der Waals surface area contributed by atoms with E-state index in [-0.39, 0.29) is 31.5 Å². The Bertz CT molecular complexity index is 1800. The van der Waals surface area contributed by atoms with Crippen molar-refractivity contribution < 1.29 is 37.3 Å². The molecule has 3 atom stereocenters. The second-order valence-corrected chi connectivity index (χ2v) is 24.5. The van der Waals surface area contributed by atoms with Crippen LogP contribution in [0, 0.1) is 0 Å². The Labute approximate surface area is 499 Å². The van der Waals surface area contributed by atoms with E-state index in [4.69, 9.17) is 13.8 Å². The molecule has 0 fully saturated rings. The van der Waals surface area contributed by atoms with Gasteiger partial charge >= 0.3 is 13.8 Å². The van der Waals surface area contributed by atoms with Gasteiger partial charge in [0.25, 0.3) is 0 Å². The number of esters is 1. The van der Waals surface area contributed by atoms with Crippen LogP contribution in [0.3, 0.4) is 0 Å². The number of phosphoric ester groups is 1. The number of carbonyl (C=O) groups excluding carboxylic acids is 2. The van der Waals surface area contributed by atoms with Gasteiger partial charge in [-0.25, -0.2) is 4.57 Å². The zero-order chi connectivity index (χ0) is 59.3. The molecule has 0 bridgehead atoms. The quantitative estimate of drug-likeness (QED) is 0.0156. The van der Waals surface area contributed by atoms with Crippen LogP contribution in [-0.2, 0) is 27.9 Å². The van der Waals surface area contributed by atoms with Crippen molar-refractivity contribution in [1.82, 2.24) is 5.32 Å². The molecule has 0 saturated carbocycles. The zero-order valence-electron chi connectivity index (χ0n) is 53.0. The van der Waals surface area contributed by atoms with E-state index in [2.05, 4.69) is 74.7 Å². The van der Waals surface area contributed by atoms with Crippen molar-refractivity contribution >= 4 is 19.7 Å². The summed E-state index contributed by atoms with van der Waals surface area (Å²) in [5, 5.41) is 3.05. The van der Waals surface area contributed by atoms with Crippen LogP contribution in [0.2, 0.25) is 0 Å². The number of nitrogens with zero attached hydrogens (tertiary/aromatic N) is 1.